The first-order valence-electron chi connectivity index (χ1n) is 0. The monoisotopic (exact) mass is 150 g/mol. The zero-order valence-corrected chi connectivity index (χ0v) is 14.1. The maximum absolute atomic E-state index is 0. The van der Waals surface area contributed by atoms with Crippen LogP contribution in [0.1, 0.15) is 0 Å². The maximum Gasteiger partial charge on any atom is 1.00 e. The third kappa shape index (κ3) is 10.3. The SMILES string of the molecule is [K+].[K+].[K+].[PH2-]. The van der Waals surface area contributed by atoms with Crippen molar-refractivity contribution in [1.29, 1.82) is 0 Å². The van der Waals surface area contributed by atoms with Gasteiger partial charge in [0.15, 0.2) is 0 Å². The Morgan fingerprint density at radius 3 is 0.500 bits per heavy atom. The van der Waals surface area contributed by atoms with Crippen molar-refractivity contribution in [2.75, 3.05) is 0 Å². The van der Waals surface area contributed by atoms with Crippen LogP contribution in [0.2, 0.25) is 0 Å². The van der Waals surface area contributed by atoms with Crippen molar-refractivity contribution >= 4 is 9.90 Å². The third-order valence-electron chi connectivity index (χ3n) is 0. The molecule has 8 valence electrons. The second kappa shape index (κ2) is 15.8. The van der Waals surface area contributed by atoms with Crippen LogP contribution in [0.5, 0.6) is 0 Å². The van der Waals surface area contributed by atoms with Crippen molar-refractivity contribution in [3.63, 3.8) is 0 Å². The van der Waals surface area contributed by atoms with Gasteiger partial charge in [-0.2, -0.15) is 0 Å². The number of hydrogen-bond donors (Lipinski definition) is 0. The van der Waals surface area contributed by atoms with Crippen LogP contribution in [0.15, 0.2) is 0 Å². The third-order valence-corrected chi connectivity index (χ3v) is 0. The molecule has 0 saturated carbocycles. The zero-order valence-electron chi connectivity index (χ0n) is 3.58. The van der Waals surface area contributed by atoms with Gasteiger partial charge in [0, 0.05) is 0 Å². The molecule has 0 unspecified atom stereocenters. The molecule has 0 spiro atoms. The van der Waals surface area contributed by atoms with Gasteiger partial charge in [-0.25, -0.2) is 0 Å². The smallest absolute Gasteiger partial charge is 0.577 e. The summed E-state index contributed by atoms with van der Waals surface area (Å²) in [6.45, 7) is 0. The van der Waals surface area contributed by atoms with Crippen LogP contribution < -0.4 is 154 Å². The molecule has 0 radical (unpaired) electrons. The van der Waals surface area contributed by atoms with Gasteiger partial charge in [-0.05, 0) is 0 Å². The molecule has 0 rings (SSSR count). The molecule has 0 atom stereocenters. The Balaban J connectivity index is 0. The summed E-state index contributed by atoms with van der Waals surface area (Å²) in [6, 6.07) is 0. The molecule has 0 bridgehead atoms. The Morgan fingerprint density at radius 2 is 0.500 bits per heavy atom. The summed E-state index contributed by atoms with van der Waals surface area (Å²) >= 11 is 0. The Morgan fingerprint density at radius 1 is 0.500 bits per heavy atom. The maximum atomic E-state index is 0. The van der Waals surface area contributed by atoms with E-state index in [4.69, 9.17) is 0 Å². The van der Waals surface area contributed by atoms with Crippen molar-refractivity contribution in [2.45, 2.75) is 0 Å². The summed E-state index contributed by atoms with van der Waals surface area (Å²) in [4.78, 5) is 0. The first kappa shape index (κ1) is 22.8. The molecular weight excluding hydrogens is 148 g/mol. The molecular formula is H2K3P+2. The standard InChI is InChI=1S/3K.H2P/h;;;1H2/q3*+1;-1. The average Bonchev–Trinajstić information content (AvgIpc) is 0. The van der Waals surface area contributed by atoms with Crippen LogP contribution in [-0.2, 0) is 0 Å². The predicted molar refractivity (Wildman–Crippen MR) is 9.71 cm³/mol. The molecule has 4 heteroatoms. The van der Waals surface area contributed by atoms with E-state index in [2.05, 4.69) is 0 Å². The van der Waals surface area contributed by atoms with Gasteiger partial charge in [0.2, 0.25) is 0 Å². The van der Waals surface area contributed by atoms with Crippen molar-refractivity contribution in [3.8, 4) is 0 Å². The molecule has 0 N–H and O–H groups in total. The molecule has 0 heterocycles. The van der Waals surface area contributed by atoms with E-state index < -0.39 is 0 Å². The fourth-order valence-electron chi connectivity index (χ4n) is 0. The Kier molecular flexibility index (Phi) is 89.7. The molecule has 4 heavy (non-hydrogen) atoms. The summed E-state index contributed by atoms with van der Waals surface area (Å²) in [6.07, 6.45) is 0. The first-order chi connectivity index (χ1) is 0. The molecule has 0 aromatic rings. The molecule has 0 aliphatic heterocycles. The van der Waals surface area contributed by atoms with E-state index in [9.17, 15) is 0 Å². The molecule has 0 aliphatic carbocycles. The summed E-state index contributed by atoms with van der Waals surface area (Å²) in [5.74, 6) is 0. The summed E-state index contributed by atoms with van der Waals surface area (Å²) in [7, 11) is 0. The van der Waals surface area contributed by atoms with Crippen molar-refractivity contribution in [3.05, 3.63) is 0 Å². The van der Waals surface area contributed by atoms with Gasteiger partial charge in [0.05, 0.1) is 0 Å². The minimum absolute atomic E-state index is 0. The minimum atomic E-state index is 0. The largest absolute Gasteiger partial charge is 1.00 e. The van der Waals surface area contributed by atoms with Crippen LogP contribution in [0.4, 0.5) is 0 Å². The topological polar surface area (TPSA) is 0 Å². The summed E-state index contributed by atoms with van der Waals surface area (Å²) < 4.78 is 0. The second-order valence-corrected chi connectivity index (χ2v) is 0. The van der Waals surface area contributed by atoms with Crippen LogP contribution >= 0.6 is 9.90 Å². The van der Waals surface area contributed by atoms with Gasteiger partial charge >= 0.3 is 154 Å². The van der Waals surface area contributed by atoms with Crippen LogP contribution in [0.3, 0.4) is 0 Å². The molecule has 0 aromatic carbocycles. The molecule has 0 saturated heterocycles. The van der Waals surface area contributed by atoms with Gasteiger partial charge in [-0.1, -0.05) is 0 Å². The van der Waals surface area contributed by atoms with E-state index >= 15 is 0 Å². The van der Waals surface area contributed by atoms with E-state index in [1.54, 1.807) is 0 Å². The van der Waals surface area contributed by atoms with Crippen molar-refractivity contribution < 1.29 is 154 Å². The van der Waals surface area contributed by atoms with Crippen molar-refractivity contribution in [2.24, 2.45) is 0 Å². The van der Waals surface area contributed by atoms with Gasteiger partial charge < -0.3 is 9.90 Å². The Hall–Kier alpha value is 5.34. The molecule has 0 nitrogen and oxygen atoms in total. The van der Waals surface area contributed by atoms with E-state index in [-0.39, 0.29) is 164 Å². The van der Waals surface area contributed by atoms with E-state index in [1.165, 1.54) is 0 Å². The van der Waals surface area contributed by atoms with Gasteiger partial charge in [0.1, 0.15) is 0 Å². The van der Waals surface area contributed by atoms with Crippen molar-refractivity contribution in [1.82, 2.24) is 0 Å². The van der Waals surface area contributed by atoms with Crippen LogP contribution in [0.25, 0.3) is 0 Å². The van der Waals surface area contributed by atoms with E-state index in [1.807, 2.05) is 0 Å². The zero-order chi connectivity index (χ0) is 0. The quantitative estimate of drug-likeness (QED) is 0.238. The molecule has 0 fully saturated rings. The number of rotatable bonds is 0. The molecule has 0 aromatic heterocycles. The Bertz CT molecular complexity index is 3.25. The molecule has 0 amide bonds. The van der Waals surface area contributed by atoms with E-state index in [0.29, 0.717) is 0 Å². The van der Waals surface area contributed by atoms with Gasteiger partial charge in [0.25, 0.3) is 0 Å². The Labute approximate surface area is 158 Å². The minimum Gasteiger partial charge on any atom is -0.577 e. The predicted octanol–water partition coefficient (Wildman–Crippen LogP) is -8.66. The fraction of sp³-hybridized carbons (Fsp3) is 0. The number of hydrogen-bond acceptors (Lipinski definition) is 0. The van der Waals surface area contributed by atoms with Gasteiger partial charge in [-0.3, -0.25) is 0 Å². The fourth-order valence-corrected chi connectivity index (χ4v) is 0. The van der Waals surface area contributed by atoms with Gasteiger partial charge in [-0.15, -0.1) is 0 Å². The summed E-state index contributed by atoms with van der Waals surface area (Å²) in [5.41, 5.74) is 0. The van der Waals surface area contributed by atoms with Crippen LogP contribution in [0, 0.1) is 0 Å². The van der Waals surface area contributed by atoms with Crippen LogP contribution in [-0.4, -0.2) is 0 Å². The molecule has 0 aliphatic rings. The van der Waals surface area contributed by atoms with E-state index in [0.717, 1.165) is 0 Å². The normalized spacial score (nSPS) is 0. The first-order valence-corrected chi connectivity index (χ1v) is 0. The summed E-state index contributed by atoms with van der Waals surface area (Å²) in [5, 5.41) is 0. The second-order valence-electron chi connectivity index (χ2n) is 0. The average molecular weight is 150 g/mol.